The van der Waals surface area contributed by atoms with Gasteiger partial charge in [-0.1, -0.05) is 42.5 Å². The molecular weight excluding hydrogens is 303 g/mol. The Morgan fingerprint density at radius 2 is 1.39 bits per heavy atom. The van der Waals surface area contributed by atoms with Crippen LogP contribution in [0.3, 0.4) is 0 Å². The van der Waals surface area contributed by atoms with Crippen molar-refractivity contribution < 1.29 is 4.57 Å². The summed E-state index contributed by atoms with van der Waals surface area (Å²) in [6.45, 7) is 5.48. The van der Waals surface area contributed by atoms with E-state index in [4.69, 9.17) is 0 Å². The van der Waals surface area contributed by atoms with Gasteiger partial charge in [0.15, 0.2) is 0 Å². The molecule has 0 N–H and O–H groups in total. The van der Waals surface area contributed by atoms with E-state index < -0.39 is 7.44 Å². The van der Waals surface area contributed by atoms with Gasteiger partial charge in [0, 0.05) is 30.6 Å². The SMILES string of the molecule is C=CCCP1(=O)N(c2ccccc2)CCCN1c1ccccc1. The zero-order chi connectivity index (χ0) is 16.1. The van der Waals surface area contributed by atoms with E-state index in [1.807, 2.05) is 42.5 Å². The molecule has 0 spiro atoms. The Kier molecular flexibility index (Phi) is 4.88. The van der Waals surface area contributed by atoms with E-state index in [0.29, 0.717) is 6.16 Å². The predicted octanol–water partition coefficient (Wildman–Crippen LogP) is 5.17. The smallest absolute Gasteiger partial charge is 0.263 e. The number of allylic oxidation sites excluding steroid dienone is 1. The van der Waals surface area contributed by atoms with E-state index in [9.17, 15) is 4.57 Å². The first-order valence-electron chi connectivity index (χ1n) is 8.12. The molecule has 1 fully saturated rings. The Hall–Kier alpha value is -1.99. The molecule has 1 aliphatic heterocycles. The molecule has 0 amide bonds. The van der Waals surface area contributed by atoms with Crippen LogP contribution in [0.15, 0.2) is 73.3 Å². The second-order valence-electron chi connectivity index (χ2n) is 5.74. The largest absolute Gasteiger partial charge is 0.307 e. The van der Waals surface area contributed by atoms with E-state index in [0.717, 1.165) is 37.3 Å². The number of anilines is 2. The van der Waals surface area contributed by atoms with Crippen LogP contribution in [0.1, 0.15) is 12.8 Å². The third-order valence-corrected chi connectivity index (χ3v) is 7.44. The van der Waals surface area contributed by atoms with E-state index in [1.165, 1.54) is 0 Å². The van der Waals surface area contributed by atoms with Crippen LogP contribution in [0, 0.1) is 0 Å². The molecule has 0 atom stereocenters. The Labute approximate surface area is 138 Å². The predicted molar refractivity (Wildman–Crippen MR) is 99.5 cm³/mol. The summed E-state index contributed by atoms with van der Waals surface area (Å²) in [5.74, 6) is 0. The third kappa shape index (κ3) is 3.20. The summed E-state index contributed by atoms with van der Waals surface area (Å²) >= 11 is 0. The Balaban J connectivity index is 2.02. The maximum absolute atomic E-state index is 14.1. The van der Waals surface area contributed by atoms with E-state index in [1.54, 1.807) is 0 Å². The van der Waals surface area contributed by atoms with E-state index in [2.05, 4.69) is 40.2 Å². The summed E-state index contributed by atoms with van der Waals surface area (Å²) in [6.07, 6.45) is 4.24. The molecule has 2 aromatic rings. The van der Waals surface area contributed by atoms with Gasteiger partial charge < -0.3 is 9.34 Å². The van der Waals surface area contributed by atoms with Crippen LogP contribution in [0.25, 0.3) is 0 Å². The van der Waals surface area contributed by atoms with Gasteiger partial charge in [0.25, 0.3) is 7.44 Å². The van der Waals surface area contributed by atoms with Crippen molar-refractivity contribution in [2.45, 2.75) is 12.8 Å². The summed E-state index contributed by atoms with van der Waals surface area (Å²) in [6, 6.07) is 20.2. The second kappa shape index (κ2) is 7.06. The van der Waals surface area contributed by atoms with Gasteiger partial charge in [0.05, 0.1) is 0 Å². The number of rotatable bonds is 5. The molecule has 2 aromatic carbocycles. The van der Waals surface area contributed by atoms with Crippen LogP contribution in [-0.4, -0.2) is 19.3 Å². The standard InChI is InChI=1S/C19H23N2OP/c1-2-3-17-23(22)20(18-11-6-4-7-12-18)15-10-16-21(23)19-13-8-5-9-14-19/h2,4-9,11-14H,1,3,10,15-17H2. The van der Waals surface area contributed by atoms with Gasteiger partial charge in [-0.05, 0) is 37.1 Å². The minimum absolute atomic E-state index is 0.625. The lowest BCUT2D eigenvalue weighted by atomic mass is 10.3. The van der Waals surface area contributed by atoms with Crippen molar-refractivity contribution in [1.82, 2.24) is 0 Å². The van der Waals surface area contributed by atoms with Gasteiger partial charge in [0.2, 0.25) is 0 Å². The monoisotopic (exact) mass is 326 g/mol. The third-order valence-electron chi connectivity index (χ3n) is 4.23. The van der Waals surface area contributed by atoms with Crippen LogP contribution in [0.5, 0.6) is 0 Å². The van der Waals surface area contributed by atoms with Crippen LogP contribution >= 0.6 is 7.44 Å². The highest BCUT2D eigenvalue weighted by Gasteiger charge is 2.39. The van der Waals surface area contributed by atoms with Crippen LogP contribution in [0.4, 0.5) is 11.4 Å². The van der Waals surface area contributed by atoms with Crippen LogP contribution < -0.4 is 9.34 Å². The molecule has 0 unspecified atom stereocenters. The fraction of sp³-hybridized carbons (Fsp3) is 0.263. The minimum Gasteiger partial charge on any atom is -0.307 e. The molecule has 1 saturated heterocycles. The Morgan fingerprint density at radius 1 is 0.913 bits per heavy atom. The average molecular weight is 326 g/mol. The molecule has 0 aromatic heterocycles. The van der Waals surface area contributed by atoms with Gasteiger partial charge in [-0.2, -0.15) is 0 Å². The summed E-state index contributed by atoms with van der Waals surface area (Å²) in [4.78, 5) is 0. The molecular formula is C19H23N2OP. The van der Waals surface area contributed by atoms with Crippen molar-refractivity contribution in [3.63, 3.8) is 0 Å². The number of para-hydroxylation sites is 2. The number of hydrogen-bond acceptors (Lipinski definition) is 1. The average Bonchev–Trinajstić information content (AvgIpc) is 2.61. The zero-order valence-corrected chi connectivity index (χ0v) is 14.2. The summed E-state index contributed by atoms with van der Waals surface area (Å²) in [5.41, 5.74) is 2.08. The maximum atomic E-state index is 14.1. The first-order valence-corrected chi connectivity index (χ1v) is 9.91. The van der Waals surface area contributed by atoms with Crippen molar-refractivity contribution >= 4 is 18.8 Å². The quantitative estimate of drug-likeness (QED) is 0.559. The molecule has 4 heteroatoms. The summed E-state index contributed by atoms with van der Waals surface area (Å²) in [5, 5.41) is 0. The van der Waals surface area contributed by atoms with Crippen molar-refractivity contribution in [1.29, 1.82) is 0 Å². The molecule has 0 bridgehead atoms. The maximum Gasteiger partial charge on any atom is 0.263 e. The Bertz CT molecular complexity index is 636. The van der Waals surface area contributed by atoms with Crippen molar-refractivity contribution in [2.75, 3.05) is 28.6 Å². The molecule has 1 heterocycles. The lowest BCUT2D eigenvalue weighted by Gasteiger charge is -2.45. The topological polar surface area (TPSA) is 23.6 Å². The molecule has 3 nitrogen and oxygen atoms in total. The van der Waals surface area contributed by atoms with Crippen LogP contribution in [0.2, 0.25) is 0 Å². The number of nitrogens with zero attached hydrogens (tertiary/aromatic N) is 2. The Morgan fingerprint density at radius 3 is 1.83 bits per heavy atom. The van der Waals surface area contributed by atoms with Gasteiger partial charge in [-0.25, -0.2) is 0 Å². The van der Waals surface area contributed by atoms with Gasteiger partial charge in [-0.15, -0.1) is 6.58 Å². The zero-order valence-electron chi connectivity index (χ0n) is 13.3. The lowest BCUT2D eigenvalue weighted by Crippen LogP contribution is -2.40. The first kappa shape index (κ1) is 15.9. The van der Waals surface area contributed by atoms with E-state index >= 15 is 0 Å². The number of benzene rings is 2. The summed E-state index contributed by atoms with van der Waals surface area (Å²) in [7, 11) is -2.70. The summed E-state index contributed by atoms with van der Waals surface area (Å²) < 4.78 is 18.3. The fourth-order valence-corrected chi connectivity index (χ4v) is 6.29. The number of hydrogen-bond donors (Lipinski definition) is 0. The first-order chi connectivity index (χ1) is 11.3. The van der Waals surface area contributed by atoms with Crippen molar-refractivity contribution in [3.05, 3.63) is 73.3 Å². The van der Waals surface area contributed by atoms with Crippen molar-refractivity contribution in [2.24, 2.45) is 0 Å². The van der Waals surface area contributed by atoms with Gasteiger partial charge >= 0.3 is 0 Å². The van der Waals surface area contributed by atoms with Crippen molar-refractivity contribution in [3.8, 4) is 0 Å². The van der Waals surface area contributed by atoms with E-state index in [-0.39, 0.29) is 0 Å². The van der Waals surface area contributed by atoms with Gasteiger partial charge in [0.1, 0.15) is 0 Å². The van der Waals surface area contributed by atoms with Crippen LogP contribution in [-0.2, 0) is 4.57 Å². The van der Waals surface area contributed by atoms with Gasteiger partial charge in [-0.3, -0.25) is 4.57 Å². The molecule has 0 saturated carbocycles. The minimum atomic E-state index is -2.70. The molecule has 0 radical (unpaired) electrons. The fourth-order valence-electron chi connectivity index (χ4n) is 3.13. The molecule has 0 aliphatic carbocycles. The highest BCUT2D eigenvalue weighted by Crippen LogP contribution is 2.59. The highest BCUT2D eigenvalue weighted by molar-refractivity contribution is 7.67. The normalized spacial score (nSPS) is 17.0. The highest BCUT2D eigenvalue weighted by atomic mass is 31.2. The molecule has 3 rings (SSSR count). The molecule has 23 heavy (non-hydrogen) atoms. The lowest BCUT2D eigenvalue weighted by molar-refractivity contribution is 0.557. The molecule has 120 valence electrons. The second-order valence-corrected chi connectivity index (χ2v) is 8.48. The molecule has 1 aliphatic rings.